The molecule has 0 radical (unpaired) electrons. The van der Waals surface area contributed by atoms with Crippen LogP contribution in [0, 0.1) is 0 Å². The molecule has 3 heteroatoms. The maximum atomic E-state index is 11.9. The standard InChI is InChI=1S/C15H10O2.C2H2O/c16-13-10-15(11-6-2-1-3-7-11)17-14-9-5-4-8-12(13)14;1-2-3/h1-10H;1H2. The first-order valence-electron chi connectivity index (χ1n) is 5.99. The first kappa shape index (κ1) is 13.5. The zero-order valence-corrected chi connectivity index (χ0v) is 10.7. The number of hydrogen-bond acceptors (Lipinski definition) is 3. The Morgan fingerprint density at radius 2 is 1.55 bits per heavy atom. The van der Waals surface area contributed by atoms with Gasteiger partial charge in [-0.1, -0.05) is 42.5 Å². The van der Waals surface area contributed by atoms with E-state index in [4.69, 9.17) is 9.21 Å². The summed E-state index contributed by atoms with van der Waals surface area (Å²) in [6.45, 7) is 2.68. The molecule has 0 unspecified atom stereocenters. The van der Waals surface area contributed by atoms with Gasteiger partial charge in [0.1, 0.15) is 17.3 Å². The zero-order chi connectivity index (χ0) is 14.4. The van der Waals surface area contributed by atoms with Gasteiger partial charge in [-0.15, -0.1) is 0 Å². The van der Waals surface area contributed by atoms with Crippen LogP contribution >= 0.6 is 0 Å². The van der Waals surface area contributed by atoms with Crippen molar-refractivity contribution in [1.82, 2.24) is 0 Å². The summed E-state index contributed by atoms with van der Waals surface area (Å²) >= 11 is 0. The first-order chi connectivity index (χ1) is 9.76. The summed E-state index contributed by atoms with van der Waals surface area (Å²) in [5, 5.41) is 0.618. The highest BCUT2D eigenvalue weighted by molar-refractivity contribution is 5.78. The Hall–Kier alpha value is -2.90. The Morgan fingerprint density at radius 3 is 2.25 bits per heavy atom. The fourth-order valence-corrected chi connectivity index (χ4v) is 1.85. The van der Waals surface area contributed by atoms with E-state index in [1.807, 2.05) is 48.5 Å². The van der Waals surface area contributed by atoms with Gasteiger partial charge in [-0.3, -0.25) is 4.79 Å². The van der Waals surface area contributed by atoms with E-state index in [1.165, 1.54) is 12.0 Å². The van der Waals surface area contributed by atoms with E-state index in [1.54, 1.807) is 6.07 Å². The highest BCUT2D eigenvalue weighted by Gasteiger charge is 2.05. The van der Waals surface area contributed by atoms with Crippen LogP contribution in [-0.4, -0.2) is 5.94 Å². The molecule has 0 saturated heterocycles. The molecule has 0 aliphatic carbocycles. The Kier molecular flexibility index (Phi) is 4.28. The topological polar surface area (TPSA) is 47.3 Å². The number of fused-ring (bicyclic) bond motifs is 1. The molecule has 3 nitrogen and oxygen atoms in total. The Balaban J connectivity index is 0.000000452. The molecule has 0 saturated carbocycles. The van der Waals surface area contributed by atoms with Crippen LogP contribution in [0.3, 0.4) is 0 Å². The van der Waals surface area contributed by atoms with Crippen molar-refractivity contribution in [1.29, 1.82) is 0 Å². The average Bonchev–Trinajstić information content (AvgIpc) is 2.49. The van der Waals surface area contributed by atoms with Crippen LogP contribution in [0.2, 0.25) is 0 Å². The average molecular weight is 264 g/mol. The molecule has 98 valence electrons. The lowest BCUT2D eigenvalue weighted by atomic mass is 10.1. The van der Waals surface area contributed by atoms with E-state index < -0.39 is 0 Å². The highest BCUT2D eigenvalue weighted by Crippen LogP contribution is 2.21. The van der Waals surface area contributed by atoms with Crippen molar-refractivity contribution >= 4 is 16.9 Å². The Bertz CT molecular complexity index is 795. The van der Waals surface area contributed by atoms with Crippen molar-refractivity contribution in [2.45, 2.75) is 0 Å². The van der Waals surface area contributed by atoms with E-state index in [-0.39, 0.29) is 5.43 Å². The molecule has 1 heterocycles. The minimum absolute atomic E-state index is 0.00861. The SMILES string of the molecule is C=C=O.O=c1cc(-c2ccccc2)oc2ccccc12. The van der Waals surface area contributed by atoms with E-state index in [9.17, 15) is 4.79 Å². The number of benzene rings is 2. The largest absolute Gasteiger partial charge is 0.456 e. The van der Waals surface area contributed by atoms with Crippen LogP contribution in [-0.2, 0) is 4.79 Å². The van der Waals surface area contributed by atoms with Gasteiger partial charge in [0, 0.05) is 11.6 Å². The van der Waals surface area contributed by atoms with Gasteiger partial charge in [0.2, 0.25) is 0 Å². The van der Waals surface area contributed by atoms with Gasteiger partial charge in [0.15, 0.2) is 5.43 Å². The second-order valence-electron chi connectivity index (χ2n) is 3.98. The summed E-state index contributed by atoms with van der Waals surface area (Å²) < 4.78 is 5.73. The first-order valence-corrected chi connectivity index (χ1v) is 5.99. The minimum Gasteiger partial charge on any atom is -0.456 e. The fourth-order valence-electron chi connectivity index (χ4n) is 1.85. The van der Waals surface area contributed by atoms with Crippen molar-refractivity contribution < 1.29 is 9.21 Å². The van der Waals surface area contributed by atoms with Crippen LogP contribution < -0.4 is 5.43 Å². The number of para-hydroxylation sites is 1. The molecule has 20 heavy (non-hydrogen) atoms. The molecule has 0 amide bonds. The van der Waals surface area contributed by atoms with Gasteiger partial charge in [-0.2, -0.15) is 0 Å². The lowest BCUT2D eigenvalue weighted by Gasteiger charge is -2.02. The molecule has 0 N–H and O–H groups in total. The van der Waals surface area contributed by atoms with E-state index in [2.05, 4.69) is 6.58 Å². The van der Waals surface area contributed by atoms with Gasteiger partial charge >= 0.3 is 0 Å². The van der Waals surface area contributed by atoms with Crippen LogP contribution in [0.25, 0.3) is 22.3 Å². The van der Waals surface area contributed by atoms with E-state index >= 15 is 0 Å². The maximum absolute atomic E-state index is 11.9. The quantitative estimate of drug-likeness (QED) is 0.632. The predicted molar refractivity (Wildman–Crippen MR) is 79.2 cm³/mol. The molecule has 2 aromatic carbocycles. The molecule has 0 aliphatic heterocycles. The summed E-state index contributed by atoms with van der Waals surface area (Å²) in [6.07, 6.45) is 0. The van der Waals surface area contributed by atoms with Crippen LogP contribution in [0.15, 0.2) is 76.5 Å². The smallest absolute Gasteiger partial charge is 0.193 e. The fraction of sp³-hybridized carbons (Fsp3) is 0. The molecular weight excluding hydrogens is 252 g/mol. The minimum atomic E-state index is -0.00861. The van der Waals surface area contributed by atoms with Crippen LogP contribution in [0.1, 0.15) is 0 Å². The van der Waals surface area contributed by atoms with Crippen LogP contribution in [0.5, 0.6) is 0 Å². The molecule has 0 atom stereocenters. The van der Waals surface area contributed by atoms with Crippen molar-refractivity contribution in [3.63, 3.8) is 0 Å². The van der Waals surface area contributed by atoms with E-state index in [0.717, 1.165) is 5.56 Å². The lowest BCUT2D eigenvalue weighted by molar-refractivity contribution is 0.569. The van der Waals surface area contributed by atoms with Crippen molar-refractivity contribution in [2.24, 2.45) is 0 Å². The monoisotopic (exact) mass is 264 g/mol. The molecule has 3 aromatic rings. The summed E-state index contributed by atoms with van der Waals surface area (Å²) in [7, 11) is 0. The lowest BCUT2D eigenvalue weighted by Crippen LogP contribution is -1.99. The Labute approximate surface area is 115 Å². The maximum Gasteiger partial charge on any atom is 0.193 e. The molecule has 3 rings (SSSR count). The highest BCUT2D eigenvalue weighted by atomic mass is 16.3. The second kappa shape index (κ2) is 6.32. The molecule has 0 fully saturated rings. The third-order valence-corrected chi connectivity index (χ3v) is 2.69. The van der Waals surface area contributed by atoms with Gasteiger partial charge < -0.3 is 4.42 Å². The van der Waals surface area contributed by atoms with Crippen LogP contribution in [0.4, 0.5) is 0 Å². The summed E-state index contributed by atoms with van der Waals surface area (Å²) in [5.74, 6) is 1.86. The second-order valence-corrected chi connectivity index (χ2v) is 3.98. The predicted octanol–water partition coefficient (Wildman–Crippen LogP) is 3.46. The number of carbonyl (C=O) groups excluding carboxylic acids is 1. The molecule has 0 spiro atoms. The van der Waals surface area contributed by atoms with Gasteiger partial charge in [0.25, 0.3) is 0 Å². The van der Waals surface area contributed by atoms with Gasteiger partial charge in [-0.25, -0.2) is 4.79 Å². The summed E-state index contributed by atoms with van der Waals surface area (Å²) in [4.78, 5) is 20.5. The van der Waals surface area contributed by atoms with Gasteiger partial charge in [0.05, 0.1) is 5.39 Å². The summed E-state index contributed by atoms with van der Waals surface area (Å²) in [6, 6.07) is 18.4. The number of hydrogen-bond donors (Lipinski definition) is 0. The third-order valence-electron chi connectivity index (χ3n) is 2.69. The normalized spacial score (nSPS) is 9.40. The van der Waals surface area contributed by atoms with Crippen molar-refractivity contribution in [2.75, 3.05) is 0 Å². The number of rotatable bonds is 1. The van der Waals surface area contributed by atoms with Crippen molar-refractivity contribution in [3.8, 4) is 11.3 Å². The third kappa shape index (κ3) is 2.91. The van der Waals surface area contributed by atoms with Crippen molar-refractivity contribution in [3.05, 3.63) is 77.5 Å². The molecule has 1 aromatic heterocycles. The molecule has 0 aliphatic rings. The Morgan fingerprint density at radius 1 is 0.950 bits per heavy atom. The summed E-state index contributed by atoms with van der Waals surface area (Å²) in [5.41, 5.74) is 1.53. The van der Waals surface area contributed by atoms with E-state index in [0.29, 0.717) is 16.7 Å². The molecular formula is C17H12O3. The zero-order valence-electron chi connectivity index (χ0n) is 10.7. The van der Waals surface area contributed by atoms with Gasteiger partial charge in [-0.05, 0) is 18.7 Å². The molecule has 0 bridgehead atoms.